The van der Waals surface area contributed by atoms with Crippen LogP contribution in [0.25, 0.3) is 0 Å². The van der Waals surface area contributed by atoms with E-state index in [0.717, 1.165) is 12.8 Å². The van der Waals surface area contributed by atoms with Crippen molar-refractivity contribution in [2.45, 2.75) is 37.3 Å². The molecule has 1 atom stereocenters. The number of carbonyl (C=O) groups is 1. The van der Waals surface area contributed by atoms with Gasteiger partial charge in [-0.1, -0.05) is 23.7 Å². The van der Waals surface area contributed by atoms with Crippen LogP contribution in [0.3, 0.4) is 0 Å². The van der Waals surface area contributed by atoms with Crippen molar-refractivity contribution in [2.24, 2.45) is 0 Å². The van der Waals surface area contributed by atoms with E-state index in [2.05, 4.69) is 10.1 Å². The van der Waals surface area contributed by atoms with Gasteiger partial charge in [0.25, 0.3) is 5.91 Å². The number of benzene rings is 2. The van der Waals surface area contributed by atoms with Crippen molar-refractivity contribution in [1.29, 1.82) is 0 Å². The molecule has 2 aromatic carbocycles. The van der Waals surface area contributed by atoms with Gasteiger partial charge in [-0.2, -0.15) is 13.1 Å². The first-order valence-electron chi connectivity index (χ1n) is 9.34. The zero-order chi connectivity index (χ0) is 21.9. The van der Waals surface area contributed by atoms with Gasteiger partial charge in [0.05, 0.1) is 21.5 Å². The average Bonchev–Trinajstić information content (AvgIpc) is 3.23. The molecule has 0 spiro atoms. The lowest BCUT2D eigenvalue weighted by Crippen LogP contribution is -2.29. The summed E-state index contributed by atoms with van der Waals surface area (Å²) in [6.45, 7) is -0.400. The summed E-state index contributed by atoms with van der Waals surface area (Å²) in [5, 5.41) is 2.81. The van der Waals surface area contributed by atoms with Crippen molar-refractivity contribution in [3.8, 4) is 5.75 Å². The van der Waals surface area contributed by atoms with Crippen LogP contribution in [0.1, 0.15) is 41.7 Å². The van der Waals surface area contributed by atoms with Crippen LogP contribution in [0.2, 0.25) is 5.02 Å². The van der Waals surface area contributed by atoms with E-state index in [1.54, 1.807) is 13.0 Å². The molecule has 3 rings (SSSR count). The third-order valence-electron chi connectivity index (χ3n) is 4.82. The summed E-state index contributed by atoms with van der Waals surface area (Å²) >= 11 is 6.14. The monoisotopic (exact) mass is 458 g/mol. The van der Waals surface area contributed by atoms with E-state index < -0.39 is 28.6 Å². The number of nitrogens with zero attached hydrogens (tertiary/aromatic N) is 1. The summed E-state index contributed by atoms with van der Waals surface area (Å²) in [4.78, 5) is 12.8. The summed E-state index contributed by atoms with van der Waals surface area (Å²) in [5.74, 6) is -0.605. The van der Waals surface area contributed by atoms with Crippen molar-refractivity contribution < 1.29 is 26.7 Å². The maximum atomic E-state index is 12.8. The summed E-state index contributed by atoms with van der Waals surface area (Å²) in [7, 11) is -3.70. The number of hydrogen-bond acceptors (Lipinski definition) is 4. The highest BCUT2D eigenvalue weighted by molar-refractivity contribution is 7.89. The largest absolute Gasteiger partial charge is 0.435 e. The predicted octanol–water partition coefficient (Wildman–Crippen LogP) is 4.22. The molecular formula is C20H21ClF2N2O4S. The second-order valence-corrected chi connectivity index (χ2v) is 9.24. The summed E-state index contributed by atoms with van der Waals surface area (Å²) in [6, 6.07) is 9.41. The Morgan fingerprint density at radius 2 is 1.87 bits per heavy atom. The van der Waals surface area contributed by atoms with Crippen LogP contribution >= 0.6 is 11.6 Å². The van der Waals surface area contributed by atoms with Crippen molar-refractivity contribution >= 4 is 27.5 Å². The van der Waals surface area contributed by atoms with Crippen LogP contribution in [0.4, 0.5) is 8.78 Å². The Hall–Kier alpha value is -2.23. The molecule has 0 saturated carbocycles. The predicted molar refractivity (Wildman–Crippen MR) is 108 cm³/mol. The van der Waals surface area contributed by atoms with Crippen LogP contribution in [0.5, 0.6) is 5.75 Å². The van der Waals surface area contributed by atoms with Crippen LogP contribution < -0.4 is 10.1 Å². The molecule has 1 N–H and O–H groups in total. The van der Waals surface area contributed by atoms with Crippen LogP contribution in [0.15, 0.2) is 47.4 Å². The zero-order valence-corrected chi connectivity index (χ0v) is 17.7. The van der Waals surface area contributed by atoms with Gasteiger partial charge in [-0.15, -0.1) is 0 Å². The Balaban J connectivity index is 1.80. The molecule has 1 unspecified atom stereocenters. The maximum absolute atomic E-state index is 12.8. The van der Waals surface area contributed by atoms with Gasteiger partial charge in [0.1, 0.15) is 5.75 Å². The molecule has 30 heavy (non-hydrogen) atoms. The van der Waals surface area contributed by atoms with Crippen molar-refractivity contribution in [1.82, 2.24) is 9.62 Å². The zero-order valence-electron chi connectivity index (χ0n) is 16.1. The third kappa shape index (κ3) is 5.08. The summed E-state index contributed by atoms with van der Waals surface area (Å²) in [5.41, 5.74) is 0.558. The normalized spacial score (nSPS) is 15.9. The molecule has 0 aromatic heterocycles. The minimum atomic E-state index is -3.70. The van der Waals surface area contributed by atoms with Crippen LogP contribution in [0, 0.1) is 0 Å². The highest BCUT2D eigenvalue weighted by Gasteiger charge is 2.28. The highest BCUT2D eigenvalue weighted by atomic mass is 35.5. The first-order chi connectivity index (χ1) is 14.2. The van der Waals surface area contributed by atoms with Crippen LogP contribution in [-0.2, 0) is 10.0 Å². The van der Waals surface area contributed by atoms with Gasteiger partial charge in [-0.05, 0) is 55.7 Å². The Morgan fingerprint density at radius 1 is 1.17 bits per heavy atom. The minimum absolute atomic E-state index is 0.000987. The number of sulfonamides is 1. The van der Waals surface area contributed by atoms with E-state index in [-0.39, 0.29) is 21.2 Å². The molecule has 1 fully saturated rings. The molecule has 1 aliphatic rings. The second-order valence-electron chi connectivity index (χ2n) is 6.90. The van der Waals surface area contributed by atoms with Gasteiger partial charge < -0.3 is 10.1 Å². The second kappa shape index (κ2) is 9.28. The number of hydrogen-bond donors (Lipinski definition) is 1. The van der Waals surface area contributed by atoms with Crippen molar-refractivity contribution in [2.75, 3.05) is 13.1 Å². The van der Waals surface area contributed by atoms with Gasteiger partial charge in [-0.25, -0.2) is 8.42 Å². The van der Waals surface area contributed by atoms with Crippen molar-refractivity contribution in [3.63, 3.8) is 0 Å². The Labute approximate surface area is 178 Å². The molecular weight excluding hydrogens is 438 g/mol. The summed E-state index contributed by atoms with van der Waals surface area (Å²) < 4.78 is 56.1. The molecule has 0 bridgehead atoms. The molecule has 162 valence electrons. The molecule has 1 saturated heterocycles. The highest BCUT2D eigenvalue weighted by Crippen LogP contribution is 2.26. The molecule has 1 aliphatic heterocycles. The number of amides is 1. The number of alkyl halides is 2. The molecule has 10 heteroatoms. The fourth-order valence-corrected chi connectivity index (χ4v) is 4.98. The van der Waals surface area contributed by atoms with E-state index in [4.69, 9.17) is 11.6 Å². The SMILES string of the molecule is CC(NC(=O)c1cc(S(=O)(=O)N2CCCC2)ccc1Cl)c1cccc(OC(F)F)c1. The van der Waals surface area contributed by atoms with Gasteiger partial charge in [0.2, 0.25) is 10.0 Å². The lowest BCUT2D eigenvalue weighted by atomic mass is 10.1. The Bertz CT molecular complexity index is 1030. The Morgan fingerprint density at radius 3 is 2.53 bits per heavy atom. The first kappa shape index (κ1) is 22.5. The number of halogens is 3. The topological polar surface area (TPSA) is 75.7 Å². The standard InChI is InChI=1S/C20H21ClF2N2O4S/c1-13(14-5-4-6-15(11-14)29-20(22)23)24-19(26)17-12-16(7-8-18(17)21)30(27,28)25-9-2-3-10-25/h4-8,11-13,20H,2-3,9-10H2,1H3,(H,24,26). The fraction of sp³-hybridized carbons (Fsp3) is 0.350. The van der Waals surface area contributed by atoms with E-state index in [9.17, 15) is 22.0 Å². The number of carbonyl (C=O) groups excluding carboxylic acids is 1. The van der Waals surface area contributed by atoms with Crippen molar-refractivity contribution in [3.05, 3.63) is 58.6 Å². The molecule has 0 aliphatic carbocycles. The number of ether oxygens (including phenoxy) is 1. The smallest absolute Gasteiger partial charge is 0.387 e. The minimum Gasteiger partial charge on any atom is -0.435 e. The Kier molecular flexibility index (Phi) is 6.95. The van der Waals surface area contributed by atoms with Crippen LogP contribution in [-0.4, -0.2) is 38.3 Å². The quantitative estimate of drug-likeness (QED) is 0.674. The lowest BCUT2D eigenvalue weighted by Gasteiger charge is -2.18. The molecule has 6 nitrogen and oxygen atoms in total. The third-order valence-corrected chi connectivity index (χ3v) is 7.04. The average molecular weight is 459 g/mol. The molecule has 1 heterocycles. The van der Waals surface area contributed by atoms with Gasteiger partial charge >= 0.3 is 6.61 Å². The number of nitrogens with one attached hydrogen (secondary N) is 1. The maximum Gasteiger partial charge on any atom is 0.387 e. The molecule has 0 radical (unpaired) electrons. The molecule has 1 amide bonds. The van der Waals surface area contributed by atoms with Gasteiger partial charge in [0.15, 0.2) is 0 Å². The fourth-order valence-electron chi connectivity index (χ4n) is 3.23. The number of rotatable bonds is 7. The van der Waals surface area contributed by atoms with Gasteiger partial charge in [0, 0.05) is 13.1 Å². The van der Waals surface area contributed by atoms with E-state index >= 15 is 0 Å². The van der Waals surface area contributed by atoms with E-state index in [1.165, 1.54) is 40.7 Å². The van der Waals surface area contributed by atoms with E-state index in [0.29, 0.717) is 18.7 Å². The molecule has 2 aromatic rings. The van der Waals surface area contributed by atoms with E-state index in [1.807, 2.05) is 0 Å². The lowest BCUT2D eigenvalue weighted by molar-refractivity contribution is -0.0499. The summed E-state index contributed by atoms with van der Waals surface area (Å²) in [6.07, 6.45) is 1.60. The van der Waals surface area contributed by atoms with Gasteiger partial charge in [-0.3, -0.25) is 4.79 Å². The first-order valence-corrected chi connectivity index (χ1v) is 11.2.